The number of carboxylic acid groups (broad SMARTS) is 2. The van der Waals surface area contributed by atoms with Gasteiger partial charge in [-0.05, 0) is 31.2 Å². The number of hydrogen-bond donors (Lipinski definition) is 4. The minimum absolute atomic E-state index is 0.0833. The molecule has 0 heterocycles. The highest BCUT2D eigenvalue weighted by molar-refractivity contribution is 5.91. The van der Waals surface area contributed by atoms with Crippen LogP contribution in [-0.2, 0) is 0 Å². The number of aromatic carboxylic acids is 2. The molecule has 1 rings (SSSR count). The fraction of sp³-hybridized carbons (Fsp3) is 0.231. The van der Waals surface area contributed by atoms with Crippen LogP contribution in [0, 0.1) is 0 Å². The Bertz CT molecular complexity index is 350. The van der Waals surface area contributed by atoms with E-state index in [1.165, 1.54) is 31.2 Å². The first-order valence-corrected chi connectivity index (χ1v) is 5.24. The molecule has 0 spiro atoms. The fourth-order valence-electron chi connectivity index (χ4n) is 0.755. The molecule has 106 valence electrons. The zero-order valence-corrected chi connectivity index (χ0v) is 10.6. The minimum atomic E-state index is -1.06. The van der Waals surface area contributed by atoms with Gasteiger partial charge in [0.2, 0.25) is 0 Å². The van der Waals surface area contributed by atoms with E-state index in [1.807, 2.05) is 0 Å². The highest BCUT2D eigenvalue weighted by Crippen LogP contribution is 2.03. The molecule has 6 heteroatoms. The van der Waals surface area contributed by atoms with E-state index < -0.39 is 18.0 Å². The van der Waals surface area contributed by atoms with E-state index in [1.54, 1.807) is 0 Å². The second-order valence-electron chi connectivity index (χ2n) is 3.22. The summed E-state index contributed by atoms with van der Waals surface area (Å²) in [5.41, 5.74) is 0.167. The molecule has 0 radical (unpaired) electrons. The molecule has 1 unspecified atom stereocenters. The molecule has 4 N–H and O–H groups in total. The number of benzene rings is 1. The lowest BCUT2D eigenvalue weighted by molar-refractivity contribution is 0.0681. The number of hydrogen-bond acceptors (Lipinski definition) is 4. The van der Waals surface area contributed by atoms with Gasteiger partial charge in [0.05, 0.1) is 23.8 Å². The summed E-state index contributed by atoms with van der Waals surface area (Å²) in [5, 5.41) is 32.9. The van der Waals surface area contributed by atoms with Crippen molar-refractivity contribution in [3.05, 3.63) is 48.6 Å². The lowest BCUT2D eigenvalue weighted by atomic mass is 10.1. The molecule has 0 aliphatic heterocycles. The van der Waals surface area contributed by atoms with Gasteiger partial charge in [-0.2, -0.15) is 0 Å². The summed E-state index contributed by atoms with van der Waals surface area (Å²) in [6, 6.07) is 5.02. The SMILES string of the molecule is C=C.CC(O)CO.O=C(O)c1ccc(C(=O)O)cc1. The molecule has 0 aliphatic carbocycles. The average molecular weight is 270 g/mol. The molecule has 0 saturated carbocycles. The van der Waals surface area contributed by atoms with Crippen LogP contribution in [0.25, 0.3) is 0 Å². The summed E-state index contributed by atoms with van der Waals surface area (Å²) in [7, 11) is 0. The fourth-order valence-corrected chi connectivity index (χ4v) is 0.755. The van der Waals surface area contributed by atoms with Gasteiger partial charge in [-0.3, -0.25) is 0 Å². The van der Waals surface area contributed by atoms with Crippen LogP contribution in [0.15, 0.2) is 37.4 Å². The summed E-state index contributed by atoms with van der Waals surface area (Å²) in [6.07, 6.45) is -0.560. The highest BCUT2D eigenvalue weighted by atomic mass is 16.4. The standard InChI is InChI=1S/C8H6O4.C3H8O2.C2H4/c9-7(10)5-1-2-6(4-3-5)8(11)12;1-3(5)2-4;1-2/h1-4H,(H,9,10)(H,11,12);3-5H,2H2,1H3;1-2H2. The van der Waals surface area contributed by atoms with Crippen molar-refractivity contribution in [1.29, 1.82) is 0 Å². The monoisotopic (exact) mass is 270 g/mol. The summed E-state index contributed by atoms with van der Waals surface area (Å²) in [5.74, 6) is -2.13. The highest BCUT2D eigenvalue weighted by Gasteiger charge is 2.04. The lowest BCUT2D eigenvalue weighted by Crippen LogP contribution is -2.03. The van der Waals surface area contributed by atoms with Gasteiger partial charge in [-0.1, -0.05) is 0 Å². The van der Waals surface area contributed by atoms with E-state index in [4.69, 9.17) is 20.4 Å². The zero-order valence-electron chi connectivity index (χ0n) is 10.6. The third-order valence-corrected chi connectivity index (χ3v) is 1.64. The van der Waals surface area contributed by atoms with Crippen molar-refractivity contribution in [2.24, 2.45) is 0 Å². The van der Waals surface area contributed by atoms with Gasteiger partial charge < -0.3 is 20.4 Å². The van der Waals surface area contributed by atoms with Gasteiger partial charge in [-0.15, -0.1) is 13.2 Å². The number of carbonyl (C=O) groups is 2. The topological polar surface area (TPSA) is 115 Å². The molecule has 1 aromatic rings. The Balaban J connectivity index is 0. The summed E-state index contributed by atoms with van der Waals surface area (Å²) in [6.45, 7) is 7.39. The molecular formula is C13H18O6. The molecule has 0 saturated heterocycles. The van der Waals surface area contributed by atoms with Crippen LogP contribution in [0.1, 0.15) is 27.6 Å². The van der Waals surface area contributed by atoms with E-state index in [0.717, 1.165) is 0 Å². The van der Waals surface area contributed by atoms with Crippen molar-refractivity contribution in [1.82, 2.24) is 0 Å². The van der Waals surface area contributed by atoms with Crippen LogP contribution in [0.4, 0.5) is 0 Å². The Morgan fingerprint density at radius 2 is 1.26 bits per heavy atom. The van der Waals surface area contributed by atoms with Crippen molar-refractivity contribution in [2.75, 3.05) is 6.61 Å². The first kappa shape index (κ1) is 19.2. The maximum Gasteiger partial charge on any atom is 0.335 e. The molecule has 6 nitrogen and oxygen atoms in total. The molecule has 0 aromatic heterocycles. The minimum Gasteiger partial charge on any atom is -0.478 e. The van der Waals surface area contributed by atoms with Gasteiger partial charge >= 0.3 is 11.9 Å². The predicted molar refractivity (Wildman–Crippen MR) is 70.4 cm³/mol. The van der Waals surface area contributed by atoms with E-state index >= 15 is 0 Å². The van der Waals surface area contributed by atoms with Crippen LogP contribution in [-0.4, -0.2) is 45.1 Å². The second kappa shape index (κ2) is 10.9. The third kappa shape index (κ3) is 9.51. The average Bonchev–Trinajstić information content (AvgIpc) is 2.41. The normalized spacial score (nSPS) is 10.1. The summed E-state index contributed by atoms with van der Waals surface area (Å²) < 4.78 is 0. The van der Waals surface area contributed by atoms with Gasteiger partial charge in [0.25, 0.3) is 0 Å². The second-order valence-corrected chi connectivity index (χ2v) is 3.22. The molecule has 19 heavy (non-hydrogen) atoms. The summed E-state index contributed by atoms with van der Waals surface area (Å²) in [4.78, 5) is 20.7. The smallest absolute Gasteiger partial charge is 0.335 e. The Labute approximate surface area is 111 Å². The predicted octanol–water partition coefficient (Wildman–Crippen LogP) is 1.24. The van der Waals surface area contributed by atoms with E-state index in [9.17, 15) is 9.59 Å². The molecule has 0 amide bonds. The molecule has 1 atom stereocenters. The van der Waals surface area contributed by atoms with Crippen LogP contribution in [0.2, 0.25) is 0 Å². The zero-order chi connectivity index (χ0) is 15.4. The number of aliphatic hydroxyl groups is 2. The van der Waals surface area contributed by atoms with E-state index in [-0.39, 0.29) is 17.7 Å². The maximum absolute atomic E-state index is 10.3. The third-order valence-electron chi connectivity index (χ3n) is 1.64. The quantitative estimate of drug-likeness (QED) is 0.614. The van der Waals surface area contributed by atoms with E-state index in [2.05, 4.69) is 13.2 Å². The van der Waals surface area contributed by atoms with Crippen molar-refractivity contribution >= 4 is 11.9 Å². The number of carboxylic acids is 2. The maximum atomic E-state index is 10.3. The van der Waals surface area contributed by atoms with Gasteiger partial charge in [0.1, 0.15) is 0 Å². The van der Waals surface area contributed by atoms with Crippen LogP contribution < -0.4 is 0 Å². The van der Waals surface area contributed by atoms with Crippen LogP contribution in [0.5, 0.6) is 0 Å². The van der Waals surface area contributed by atoms with Gasteiger partial charge in [-0.25, -0.2) is 9.59 Å². The Kier molecular flexibility index (Phi) is 11.0. The molecule has 0 aliphatic rings. The number of rotatable bonds is 3. The van der Waals surface area contributed by atoms with Crippen molar-refractivity contribution < 1.29 is 30.0 Å². The van der Waals surface area contributed by atoms with Crippen molar-refractivity contribution in [2.45, 2.75) is 13.0 Å². The first-order chi connectivity index (χ1) is 8.88. The van der Waals surface area contributed by atoms with Gasteiger partial charge in [0.15, 0.2) is 0 Å². The first-order valence-electron chi connectivity index (χ1n) is 5.24. The lowest BCUT2D eigenvalue weighted by Gasteiger charge is -1.94. The molecule has 1 aromatic carbocycles. The van der Waals surface area contributed by atoms with E-state index in [0.29, 0.717) is 0 Å². The summed E-state index contributed by atoms with van der Waals surface area (Å²) >= 11 is 0. The Morgan fingerprint density at radius 1 is 1.05 bits per heavy atom. The Hall–Kier alpha value is -2.18. The molecule has 0 bridgehead atoms. The van der Waals surface area contributed by atoms with Gasteiger partial charge in [0, 0.05) is 0 Å². The van der Waals surface area contributed by atoms with Crippen molar-refractivity contribution in [3.63, 3.8) is 0 Å². The molecule has 0 fully saturated rings. The van der Waals surface area contributed by atoms with Crippen LogP contribution >= 0.6 is 0 Å². The Morgan fingerprint density at radius 3 is 1.37 bits per heavy atom. The van der Waals surface area contributed by atoms with Crippen molar-refractivity contribution in [3.8, 4) is 0 Å². The largest absolute Gasteiger partial charge is 0.478 e. The number of aliphatic hydroxyl groups excluding tert-OH is 2. The molecular weight excluding hydrogens is 252 g/mol. The van der Waals surface area contributed by atoms with Crippen LogP contribution in [0.3, 0.4) is 0 Å².